The van der Waals surface area contributed by atoms with Crippen LogP contribution in [0.15, 0.2) is 207 Å². The second kappa shape index (κ2) is 32.2. The number of carbonyl (C=O) groups is 2. The molecular formula is C75H80FN6O11P. The average molecular weight is 1290 g/mol. The van der Waals surface area contributed by atoms with Gasteiger partial charge in [-0.2, -0.15) is 14.4 Å². The molecule has 7 aromatic carbocycles. The zero-order valence-corrected chi connectivity index (χ0v) is 54.1. The van der Waals surface area contributed by atoms with Gasteiger partial charge in [0.05, 0.1) is 27.2 Å². The van der Waals surface area contributed by atoms with Crippen LogP contribution in [-0.4, -0.2) is 88.4 Å². The van der Waals surface area contributed by atoms with Crippen LogP contribution >= 0.6 is 7.75 Å². The van der Waals surface area contributed by atoms with E-state index in [0.717, 1.165) is 42.4 Å². The van der Waals surface area contributed by atoms with Gasteiger partial charge >= 0.3 is 25.8 Å². The molecule has 0 bridgehead atoms. The van der Waals surface area contributed by atoms with Crippen LogP contribution in [0.25, 0.3) is 11.2 Å². The topological polar surface area (TPSA) is 204 Å². The van der Waals surface area contributed by atoms with Crippen LogP contribution in [0.3, 0.4) is 0 Å². The summed E-state index contributed by atoms with van der Waals surface area (Å²) < 4.78 is 78.0. The summed E-state index contributed by atoms with van der Waals surface area (Å²) in [5, 5.41) is 17.0. The van der Waals surface area contributed by atoms with Gasteiger partial charge in [-0.3, -0.25) is 18.4 Å². The Bertz CT molecular complexity index is 3880. The molecule has 9 aromatic rings. The van der Waals surface area contributed by atoms with Crippen molar-refractivity contribution in [3.63, 3.8) is 0 Å². The number of aromatic nitrogens is 4. The van der Waals surface area contributed by atoms with E-state index in [9.17, 15) is 14.7 Å². The second-order valence-corrected chi connectivity index (χ2v) is 25.0. The molecule has 1 fully saturated rings. The van der Waals surface area contributed by atoms with Crippen LogP contribution in [0.2, 0.25) is 0 Å². The number of hydrogen-bond acceptors (Lipinski definition) is 14. The molecule has 0 saturated carbocycles. The van der Waals surface area contributed by atoms with E-state index in [0.29, 0.717) is 40.2 Å². The average Bonchev–Trinajstić information content (AvgIpc) is 1.76. The smallest absolute Gasteiger partial charge is 0.406 e. The highest BCUT2D eigenvalue weighted by Gasteiger charge is 2.56. The molecule has 0 aliphatic carbocycles. The molecule has 1 aliphatic heterocycles. The lowest BCUT2D eigenvalue weighted by Gasteiger charge is -2.41. The summed E-state index contributed by atoms with van der Waals surface area (Å²) in [4.78, 5) is 40.4. The Morgan fingerprint density at radius 3 is 1.70 bits per heavy atom. The molecule has 0 radical (unpaired) electrons. The number of methoxy groups -OCH3 is 2. The van der Waals surface area contributed by atoms with Crippen molar-refractivity contribution in [2.75, 3.05) is 39.4 Å². The van der Waals surface area contributed by atoms with Gasteiger partial charge in [-0.25, -0.2) is 19.4 Å². The van der Waals surface area contributed by atoms with Crippen LogP contribution in [-0.2, 0) is 55.0 Å². The van der Waals surface area contributed by atoms with E-state index in [4.69, 9.17) is 44.1 Å². The first-order valence-corrected chi connectivity index (χ1v) is 33.5. The molecule has 1 saturated heterocycles. The van der Waals surface area contributed by atoms with Crippen LogP contribution in [0.5, 0.6) is 11.5 Å². The van der Waals surface area contributed by atoms with Crippen molar-refractivity contribution < 1.29 is 56.4 Å². The molecule has 0 spiro atoms. The van der Waals surface area contributed by atoms with E-state index in [-0.39, 0.29) is 36.4 Å². The fourth-order valence-corrected chi connectivity index (χ4v) is 13.7. The molecule has 3 heterocycles. The zero-order valence-electron chi connectivity index (χ0n) is 53.2. The number of nitrogens with one attached hydrogen (secondary N) is 2. The van der Waals surface area contributed by atoms with Gasteiger partial charge in [-0.1, -0.05) is 247 Å². The Kier molecular flexibility index (Phi) is 23.2. The normalized spacial score (nSPS) is 16.6. The van der Waals surface area contributed by atoms with Crippen molar-refractivity contribution in [3.8, 4) is 23.8 Å². The number of carboxylic acid groups (broad SMARTS) is 1. The fourth-order valence-electron chi connectivity index (χ4n) is 12.2. The van der Waals surface area contributed by atoms with Crippen LogP contribution < -0.4 is 19.9 Å². The number of aliphatic carboxylic acids is 1. The van der Waals surface area contributed by atoms with Crippen molar-refractivity contribution in [1.82, 2.24) is 24.6 Å². The molecule has 5 atom stereocenters. The Morgan fingerprint density at radius 2 is 1.18 bits per heavy atom. The summed E-state index contributed by atoms with van der Waals surface area (Å²) in [6.45, 7) is 0.611. The number of benzene rings is 7. The number of fused-ring (bicyclic) bond motifs is 1. The van der Waals surface area contributed by atoms with Crippen molar-refractivity contribution in [2.45, 2.75) is 119 Å². The summed E-state index contributed by atoms with van der Waals surface area (Å²) in [6, 6.07) is 60.5. The number of ether oxygens (including phenoxy) is 5. The van der Waals surface area contributed by atoms with Gasteiger partial charge < -0.3 is 34.1 Å². The number of imidazole rings is 1. The van der Waals surface area contributed by atoms with Crippen molar-refractivity contribution in [3.05, 3.63) is 252 Å². The van der Waals surface area contributed by atoms with Crippen LogP contribution in [0.1, 0.15) is 123 Å². The molecule has 0 amide bonds. The highest BCUT2D eigenvalue weighted by Crippen LogP contribution is 2.52. The van der Waals surface area contributed by atoms with Crippen LogP contribution in [0, 0.1) is 18.4 Å². The Labute approximate surface area is 548 Å². The quantitative estimate of drug-likeness (QED) is 0.00844. The van der Waals surface area contributed by atoms with Gasteiger partial charge in [0.15, 0.2) is 29.2 Å². The predicted octanol–water partition coefficient (Wildman–Crippen LogP) is 14.9. The van der Waals surface area contributed by atoms with Gasteiger partial charge in [-0.15, -0.1) is 6.42 Å². The summed E-state index contributed by atoms with van der Waals surface area (Å²) in [5.74, 6) is 1.84. The van der Waals surface area contributed by atoms with E-state index in [2.05, 4.69) is 33.2 Å². The lowest BCUT2D eigenvalue weighted by molar-refractivity contribution is -0.147. The molecule has 488 valence electrons. The molecule has 1 aliphatic rings. The molecule has 94 heavy (non-hydrogen) atoms. The zero-order chi connectivity index (χ0) is 65.8. The molecule has 3 N–H and O–H groups in total. The van der Waals surface area contributed by atoms with Crippen molar-refractivity contribution >= 4 is 36.7 Å². The lowest BCUT2D eigenvalue weighted by atomic mass is 9.77. The Morgan fingerprint density at radius 1 is 0.691 bits per heavy atom. The highest BCUT2D eigenvalue weighted by atomic mass is 31.2. The third-order valence-corrected chi connectivity index (χ3v) is 18.7. The maximum atomic E-state index is 16.7. The Balaban J connectivity index is 1.04. The van der Waals surface area contributed by atoms with Gasteiger partial charge in [0, 0.05) is 6.42 Å². The molecular weight excluding hydrogens is 1210 g/mol. The largest absolute Gasteiger partial charge is 0.497 e. The standard InChI is InChI=1S/C75H80FN6O11P/c1-5-7-8-9-10-11-12-13-14-30-49-89-67(83)52-90-94(86,81-64(71(84)85)50-55-31-20-15-21-32-55)91-53-73(6-2)65(92-75(59-37-26-18-27-38-59,60-39-28-19-29-40-60)61-43-47-63(88-4)48-44-61)51-66(93-73)82-54-77-68-69(78-72(76)79-70(68)82)80-74(56-33-22-16-23-34-56,57-35-24-17-25-36-57)58-41-45-62(87-3)46-42-58/h2,15-29,31-48,54,64-66H,5,7-14,30,49-53H2,1,3-4H3,(H,81,86)(H,84,85)(H,78,79,80)/t64?,65-,66+,73+,94?/m0/s1. The molecule has 17 nitrogen and oxygen atoms in total. The maximum absolute atomic E-state index is 16.7. The van der Waals surface area contributed by atoms with E-state index >= 15 is 8.96 Å². The number of nitrogens with zero attached hydrogens (tertiary/aromatic N) is 4. The summed E-state index contributed by atoms with van der Waals surface area (Å²) in [6.07, 6.45) is 15.2. The predicted molar refractivity (Wildman–Crippen MR) is 359 cm³/mol. The molecule has 10 rings (SSSR count). The second-order valence-electron chi connectivity index (χ2n) is 23.2. The number of carboxylic acids is 1. The lowest BCUT2D eigenvalue weighted by Crippen LogP contribution is -2.49. The number of unbranched alkanes of at least 4 members (excludes halogenated alkanes) is 9. The minimum Gasteiger partial charge on any atom is -0.497 e. The van der Waals surface area contributed by atoms with E-state index < -0.39 is 74.1 Å². The van der Waals surface area contributed by atoms with Gasteiger partial charge in [0.1, 0.15) is 47.6 Å². The summed E-state index contributed by atoms with van der Waals surface area (Å²) in [5.41, 5.74) is 0.270. The molecule has 2 unspecified atom stereocenters. The number of carbonyl (C=O) groups excluding carboxylic acids is 1. The number of terminal acetylenes is 1. The number of esters is 1. The summed E-state index contributed by atoms with van der Waals surface area (Å²) in [7, 11) is -1.81. The monoisotopic (exact) mass is 1290 g/mol. The van der Waals surface area contributed by atoms with E-state index in [1.807, 2.05) is 170 Å². The first-order valence-electron chi connectivity index (χ1n) is 32.0. The fraction of sp³-hybridized carbons (Fsp3) is 0.320. The first kappa shape index (κ1) is 67.8. The number of hydrogen-bond donors (Lipinski definition) is 3. The van der Waals surface area contributed by atoms with Crippen LogP contribution in [0.4, 0.5) is 10.2 Å². The van der Waals surface area contributed by atoms with E-state index in [1.54, 1.807) is 44.6 Å². The molecule has 19 heteroatoms. The van der Waals surface area contributed by atoms with Gasteiger partial charge in [0.25, 0.3) is 0 Å². The third kappa shape index (κ3) is 15.9. The van der Waals surface area contributed by atoms with Crippen molar-refractivity contribution in [1.29, 1.82) is 0 Å². The SMILES string of the molecule is C#C[C@]1(COP(=O)(NC(Cc2ccccc2)C(=O)O)OCC(=O)OCCCCCCCCCCCC)O[C@@H](n2cnc3c(NC(c4ccccc4)(c4ccccc4)c4ccc(OC)cc4)nc(F)nc32)C[C@@H]1OC(c1ccccc1)(c1ccccc1)c1ccc(OC)cc1. The molecule has 2 aromatic heterocycles. The number of halogens is 1. The van der Waals surface area contributed by atoms with E-state index in [1.165, 1.54) is 43.0 Å². The first-order chi connectivity index (χ1) is 45.9. The number of rotatable bonds is 35. The highest BCUT2D eigenvalue weighted by molar-refractivity contribution is 7.51. The third-order valence-electron chi connectivity index (χ3n) is 17.1. The Hall–Kier alpha value is -9.05. The van der Waals surface area contributed by atoms with Gasteiger partial charge in [-0.05, 0) is 76.1 Å². The number of anilines is 1. The minimum absolute atomic E-state index is 0.00183. The van der Waals surface area contributed by atoms with Gasteiger partial charge in [0.2, 0.25) is 0 Å². The van der Waals surface area contributed by atoms with Crippen molar-refractivity contribution in [2.24, 2.45) is 0 Å². The summed E-state index contributed by atoms with van der Waals surface area (Å²) >= 11 is 0. The maximum Gasteiger partial charge on any atom is 0.406 e. The minimum atomic E-state index is -4.97.